The molecule has 0 spiro atoms. The fourth-order valence-corrected chi connectivity index (χ4v) is 3.61. The van der Waals surface area contributed by atoms with Crippen molar-refractivity contribution < 1.29 is 24.5 Å². The molecule has 2 N–H and O–H groups in total. The van der Waals surface area contributed by atoms with Gasteiger partial charge in [0.25, 0.3) is 6.47 Å². The second-order valence-electron chi connectivity index (χ2n) is 6.49. The molecular weight excluding hydrogens is 410 g/mol. The largest absolute Gasteiger partial charge is 0.504 e. The van der Waals surface area contributed by atoms with Crippen LogP contribution in [0.1, 0.15) is 12.5 Å². The summed E-state index contributed by atoms with van der Waals surface area (Å²) in [5, 5.41) is 17.6. The predicted octanol–water partition coefficient (Wildman–Crippen LogP) is 3.60. The Hall–Kier alpha value is -3.52. The highest BCUT2D eigenvalue weighted by atomic mass is 35.5. The molecular formula is C21H20ClN3O5. The first-order valence-corrected chi connectivity index (χ1v) is 9.40. The number of nitrogens with zero attached hydrogens (tertiary/aromatic N) is 3. The number of ether oxygens (including phenoxy) is 1. The second kappa shape index (κ2) is 9.32. The number of hydrogen-bond donors (Lipinski definition) is 2. The average Bonchev–Trinajstić information content (AvgIpc) is 3.35. The number of phenolic OH excluding ortho intramolecular Hbond substituents is 1. The van der Waals surface area contributed by atoms with Crippen molar-refractivity contribution in [1.82, 2.24) is 9.55 Å². The van der Waals surface area contributed by atoms with Crippen molar-refractivity contribution in [2.75, 3.05) is 18.6 Å². The third kappa shape index (κ3) is 4.38. The van der Waals surface area contributed by atoms with Gasteiger partial charge in [-0.1, -0.05) is 17.7 Å². The molecule has 1 saturated heterocycles. The number of anilines is 1. The lowest BCUT2D eigenvalue weighted by Gasteiger charge is -2.18. The molecule has 1 aromatic heterocycles. The average molecular weight is 430 g/mol. The number of halogens is 1. The Morgan fingerprint density at radius 3 is 2.70 bits per heavy atom. The molecule has 0 aliphatic carbocycles. The van der Waals surface area contributed by atoms with Crippen LogP contribution in [0.2, 0.25) is 5.02 Å². The summed E-state index contributed by atoms with van der Waals surface area (Å²) >= 11 is 6.06. The standard InChI is InChI=1S/C20H18ClN3O3.CH2O2/c1-27-18-6-5-13(9-17(18)25)20-22-7-8-23(20)16-11-19(26)24(12-16)15-4-2-3-14(21)10-15;2-1-3/h2-10,16,25H,11-12H2,1H3;1H,(H,2,3). The van der Waals surface area contributed by atoms with Gasteiger partial charge in [0, 0.05) is 41.6 Å². The number of phenols is 1. The number of methoxy groups -OCH3 is 1. The summed E-state index contributed by atoms with van der Waals surface area (Å²) in [6.45, 7) is 0.282. The van der Waals surface area contributed by atoms with Crippen LogP contribution in [0.25, 0.3) is 11.4 Å². The number of carboxylic acid groups (broad SMARTS) is 1. The summed E-state index contributed by atoms with van der Waals surface area (Å²) in [5.41, 5.74) is 1.55. The van der Waals surface area contributed by atoms with Gasteiger partial charge in [-0.15, -0.1) is 0 Å². The Kier molecular flexibility index (Phi) is 6.58. The Balaban J connectivity index is 0.000000806. The van der Waals surface area contributed by atoms with E-state index in [0.717, 1.165) is 11.3 Å². The number of carbonyl (C=O) groups is 2. The lowest BCUT2D eigenvalue weighted by Crippen LogP contribution is -2.24. The number of benzene rings is 2. The van der Waals surface area contributed by atoms with Gasteiger partial charge in [0.05, 0.1) is 13.2 Å². The number of imidazole rings is 1. The van der Waals surface area contributed by atoms with Crippen molar-refractivity contribution in [3.8, 4) is 22.9 Å². The van der Waals surface area contributed by atoms with Crippen LogP contribution in [0.5, 0.6) is 11.5 Å². The molecule has 1 aliphatic rings. The molecule has 0 radical (unpaired) electrons. The van der Waals surface area contributed by atoms with E-state index in [2.05, 4.69) is 4.98 Å². The van der Waals surface area contributed by atoms with Gasteiger partial charge in [-0.3, -0.25) is 9.59 Å². The first-order chi connectivity index (χ1) is 14.5. The monoisotopic (exact) mass is 429 g/mol. The van der Waals surface area contributed by atoms with Gasteiger partial charge in [0.15, 0.2) is 11.5 Å². The fourth-order valence-electron chi connectivity index (χ4n) is 3.43. The molecule has 1 aliphatic heterocycles. The summed E-state index contributed by atoms with van der Waals surface area (Å²) < 4.78 is 7.07. The minimum absolute atomic E-state index is 0.0412. The maximum Gasteiger partial charge on any atom is 0.290 e. The van der Waals surface area contributed by atoms with Crippen molar-refractivity contribution >= 4 is 29.7 Å². The summed E-state index contributed by atoms with van der Waals surface area (Å²) in [7, 11) is 1.50. The van der Waals surface area contributed by atoms with Crippen molar-refractivity contribution in [3.05, 3.63) is 59.9 Å². The zero-order valence-electron chi connectivity index (χ0n) is 16.1. The zero-order chi connectivity index (χ0) is 21.7. The van der Waals surface area contributed by atoms with Crippen LogP contribution in [-0.4, -0.2) is 45.8 Å². The Morgan fingerprint density at radius 2 is 2.03 bits per heavy atom. The van der Waals surface area contributed by atoms with Crippen LogP contribution in [0.3, 0.4) is 0 Å². The number of amides is 1. The predicted molar refractivity (Wildman–Crippen MR) is 112 cm³/mol. The number of aromatic nitrogens is 2. The number of aromatic hydroxyl groups is 1. The molecule has 0 bridgehead atoms. The fraction of sp³-hybridized carbons (Fsp3) is 0.190. The minimum Gasteiger partial charge on any atom is -0.504 e. The van der Waals surface area contributed by atoms with E-state index in [0.29, 0.717) is 29.6 Å². The molecule has 2 aromatic carbocycles. The summed E-state index contributed by atoms with van der Waals surface area (Å²) in [4.78, 5) is 27.1. The van der Waals surface area contributed by atoms with Gasteiger partial charge >= 0.3 is 0 Å². The summed E-state index contributed by atoms with van der Waals surface area (Å²) in [5.74, 6) is 1.19. The molecule has 1 unspecified atom stereocenters. The van der Waals surface area contributed by atoms with E-state index >= 15 is 0 Å². The molecule has 8 nitrogen and oxygen atoms in total. The number of hydrogen-bond acceptors (Lipinski definition) is 5. The number of rotatable bonds is 4. The second-order valence-corrected chi connectivity index (χ2v) is 6.93. The Labute approximate surface area is 177 Å². The van der Waals surface area contributed by atoms with Gasteiger partial charge in [-0.25, -0.2) is 4.98 Å². The van der Waals surface area contributed by atoms with Crippen LogP contribution >= 0.6 is 11.6 Å². The van der Waals surface area contributed by atoms with Crippen molar-refractivity contribution in [2.24, 2.45) is 0 Å². The quantitative estimate of drug-likeness (QED) is 0.614. The maximum absolute atomic E-state index is 12.6. The molecule has 1 atom stereocenters. The van der Waals surface area contributed by atoms with Gasteiger partial charge in [-0.05, 0) is 36.4 Å². The van der Waals surface area contributed by atoms with Gasteiger partial charge in [-0.2, -0.15) is 0 Å². The minimum atomic E-state index is -0.250. The van der Waals surface area contributed by atoms with E-state index in [1.807, 2.05) is 29.0 Å². The molecule has 1 fully saturated rings. The van der Waals surface area contributed by atoms with Crippen LogP contribution in [0.15, 0.2) is 54.9 Å². The lowest BCUT2D eigenvalue weighted by molar-refractivity contribution is -0.123. The molecule has 30 heavy (non-hydrogen) atoms. The smallest absolute Gasteiger partial charge is 0.290 e. The third-order valence-corrected chi connectivity index (χ3v) is 4.96. The normalized spacial score (nSPS) is 15.5. The van der Waals surface area contributed by atoms with E-state index in [1.165, 1.54) is 7.11 Å². The molecule has 156 valence electrons. The molecule has 1 amide bonds. The maximum atomic E-state index is 12.6. The van der Waals surface area contributed by atoms with E-state index in [-0.39, 0.29) is 24.2 Å². The number of carbonyl (C=O) groups excluding carboxylic acids is 1. The molecule has 3 aromatic rings. The summed E-state index contributed by atoms with van der Waals surface area (Å²) in [6.07, 6.45) is 3.93. The highest BCUT2D eigenvalue weighted by Crippen LogP contribution is 2.35. The summed E-state index contributed by atoms with van der Waals surface area (Å²) in [6, 6.07) is 12.4. The molecule has 9 heteroatoms. The van der Waals surface area contributed by atoms with Crippen LogP contribution in [0, 0.1) is 0 Å². The topological polar surface area (TPSA) is 105 Å². The van der Waals surface area contributed by atoms with Crippen LogP contribution < -0.4 is 9.64 Å². The zero-order valence-corrected chi connectivity index (χ0v) is 16.9. The van der Waals surface area contributed by atoms with E-state index in [1.54, 1.807) is 35.4 Å². The SMILES string of the molecule is COc1ccc(-c2nccn2C2CC(=O)N(c3cccc(Cl)c3)C2)cc1O.O=CO. The molecule has 4 rings (SSSR count). The highest BCUT2D eigenvalue weighted by Gasteiger charge is 2.33. The Bertz CT molecular complexity index is 1050. The van der Waals surface area contributed by atoms with E-state index in [4.69, 9.17) is 26.2 Å². The van der Waals surface area contributed by atoms with Crippen molar-refractivity contribution in [2.45, 2.75) is 12.5 Å². The van der Waals surface area contributed by atoms with Gasteiger partial charge in [0.2, 0.25) is 5.91 Å². The van der Waals surface area contributed by atoms with Crippen molar-refractivity contribution in [3.63, 3.8) is 0 Å². The molecule has 0 saturated carbocycles. The molecule has 2 heterocycles. The van der Waals surface area contributed by atoms with Crippen LogP contribution in [0.4, 0.5) is 5.69 Å². The lowest BCUT2D eigenvalue weighted by atomic mass is 10.1. The van der Waals surface area contributed by atoms with Gasteiger partial charge in [0.1, 0.15) is 5.82 Å². The van der Waals surface area contributed by atoms with Crippen molar-refractivity contribution in [1.29, 1.82) is 0 Å². The van der Waals surface area contributed by atoms with E-state index in [9.17, 15) is 9.90 Å². The first-order valence-electron chi connectivity index (χ1n) is 9.02. The third-order valence-electron chi connectivity index (χ3n) is 4.72. The first kappa shape index (κ1) is 21.2. The van der Waals surface area contributed by atoms with Crippen LogP contribution in [-0.2, 0) is 9.59 Å². The van der Waals surface area contributed by atoms with Gasteiger partial charge < -0.3 is 24.4 Å². The Morgan fingerprint density at radius 1 is 1.27 bits per heavy atom. The van der Waals surface area contributed by atoms with E-state index < -0.39 is 0 Å². The highest BCUT2D eigenvalue weighted by molar-refractivity contribution is 6.30.